The lowest BCUT2D eigenvalue weighted by Gasteiger charge is -2.15. The average molecular weight is 299 g/mol. The van der Waals surface area contributed by atoms with Gasteiger partial charge in [0.2, 0.25) is 11.9 Å². The van der Waals surface area contributed by atoms with Crippen LogP contribution in [0.2, 0.25) is 0 Å². The molecule has 6 heteroatoms. The summed E-state index contributed by atoms with van der Waals surface area (Å²) in [6.45, 7) is 2.40. The SMILES string of the molecule is O=C(CCNc1ncc(Br)cn1)N1CCCC1. The van der Waals surface area contributed by atoms with E-state index in [0.717, 1.165) is 30.4 Å². The fourth-order valence-electron chi connectivity index (χ4n) is 1.81. The van der Waals surface area contributed by atoms with E-state index in [-0.39, 0.29) is 5.91 Å². The van der Waals surface area contributed by atoms with E-state index in [1.807, 2.05) is 4.90 Å². The van der Waals surface area contributed by atoms with Crippen LogP contribution >= 0.6 is 15.9 Å². The zero-order chi connectivity index (χ0) is 12.1. The number of hydrogen-bond acceptors (Lipinski definition) is 4. The van der Waals surface area contributed by atoms with Crippen molar-refractivity contribution in [2.45, 2.75) is 19.3 Å². The van der Waals surface area contributed by atoms with Crippen molar-refractivity contribution >= 4 is 27.8 Å². The first-order chi connectivity index (χ1) is 8.25. The number of nitrogens with zero attached hydrogens (tertiary/aromatic N) is 3. The van der Waals surface area contributed by atoms with Gasteiger partial charge in [-0.15, -0.1) is 0 Å². The third-order valence-corrected chi connectivity index (χ3v) is 3.11. The molecule has 0 spiro atoms. The summed E-state index contributed by atoms with van der Waals surface area (Å²) >= 11 is 3.27. The van der Waals surface area contributed by atoms with Crippen molar-refractivity contribution in [1.29, 1.82) is 0 Å². The minimum absolute atomic E-state index is 0.215. The lowest BCUT2D eigenvalue weighted by Crippen LogP contribution is -2.29. The standard InChI is InChI=1S/C11H15BrN4O/c12-9-7-14-11(15-8-9)13-4-3-10(17)16-5-1-2-6-16/h7-8H,1-6H2,(H,13,14,15). The summed E-state index contributed by atoms with van der Waals surface area (Å²) in [5.41, 5.74) is 0. The molecule has 0 atom stereocenters. The molecular formula is C11H15BrN4O. The Hall–Kier alpha value is -1.17. The highest BCUT2D eigenvalue weighted by molar-refractivity contribution is 9.10. The van der Waals surface area contributed by atoms with Crippen LogP contribution in [0.4, 0.5) is 5.95 Å². The van der Waals surface area contributed by atoms with E-state index in [4.69, 9.17) is 0 Å². The van der Waals surface area contributed by atoms with Gasteiger partial charge < -0.3 is 10.2 Å². The summed E-state index contributed by atoms with van der Waals surface area (Å²) in [5, 5.41) is 3.04. The molecule has 1 saturated heterocycles. The maximum atomic E-state index is 11.7. The minimum Gasteiger partial charge on any atom is -0.354 e. The second kappa shape index (κ2) is 5.95. The van der Waals surface area contributed by atoms with Gasteiger partial charge in [-0.1, -0.05) is 0 Å². The number of anilines is 1. The van der Waals surface area contributed by atoms with Gasteiger partial charge >= 0.3 is 0 Å². The number of nitrogens with one attached hydrogen (secondary N) is 1. The Bertz CT molecular complexity index is 376. The van der Waals surface area contributed by atoms with Gasteiger partial charge in [0.25, 0.3) is 0 Å². The molecule has 1 amide bonds. The third kappa shape index (κ3) is 3.66. The van der Waals surface area contributed by atoms with E-state index < -0.39 is 0 Å². The number of rotatable bonds is 4. The first kappa shape index (κ1) is 12.3. The largest absolute Gasteiger partial charge is 0.354 e. The first-order valence-corrected chi connectivity index (χ1v) is 6.54. The number of aromatic nitrogens is 2. The Balaban J connectivity index is 1.72. The number of hydrogen-bond donors (Lipinski definition) is 1. The molecule has 0 bridgehead atoms. The third-order valence-electron chi connectivity index (χ3n) is 2.70. The second-order valence-electron chi connectivity index (χ2n) is 3.99. The number of amides is 1. The predicted octanol–water partition coefficient (Wildman–Crippen LogP) is 1.66. The van der Waals surface area contributed by atoms with Crippen LogP contribution in [0.25, 0.3) is 0 Å². The minimum atomic E-state index is 0.215. The topological polar surface area (TPSA) is 58.1 Å². The fourth-order valence-corrected chi connectivity index (χ4v) is 2.01. The lowest BCUT2D eigenvalue weighted by atomic mass is 10.3. The molecule has 0 aliphatic carbocycles. The van der Waals surface area contributed by atoms with Crippen molar-refractivity contribution in [3.05, 3.63) is 16.9 Å². The molecule has 1 N–H and O–H groups in total. The molecule has 1 fully saturated rings. The van der Waals surface area contributed by atoms with Gasteiger partial charge in [0.15, 0.2) is 0 Å². The highest BCUT2D eigenvalue weighted by Gasteiger charge is 2.16. The molecule has 5 nitrogen and oxygen atoms in total. The van der Waals surface area contributed by atoms with Crippen molar-refractivity contribution < 1.29 is 4.79 Å². The van der Waals surface area contributed by atoms with Crippen LogP contribution in [-0.4, -0.2) is 40.4 Å². The summed E-state index contributed by atoms with van der Waals surface area (Å²) < 4.78 is 0.844. The van der Waals surface area contributed by atoms with Crippen LogP contribution in [0, 0.1) is 0 Å². The second-order valence-corrected chi connectivity index (χ2v) is 4.91. The Labute approximate surface area is 109 Å². The van der Waals surface area contributed by atoms with Gasteiger partial charge in [-0.05, 0) is 28.8 Å². The quantitative estimate of drug-likeness (QED) is 0.918. The van der Waals surface area contributed by atoms with Gasteiger partial charge in [0.05, 0.1) is 4.47 Å². The number of likely N-dealkylation sites (tertiary alicyclic amines) is 1. The molecule has 2 heterocycles. The van der Waals surface area contributed by atoms with Crippen molar-refractivity contribution in [3.8, 4) is 0 Å². The molecule has 1 aromatic heterocycles. The van der Waals surface area contributed by atoms with E-state index in [0.29, 0.717) is 18.9 Å². The number of halogens is 1. The van der Waals surface area contributed by atoms with Crippen LogP contribution in [-0.2, 0) is 4.79 Å². The molecule has 0 radical (unpaired) electrons. The van der Waals surface area contributed by atoms with Gasteiger partial charge in [0.1, 0.15) is 0 Å². The summed E-state index contributed by atoms with van der Waals surface area (Å²) in [4.78, 5) is 21.8. The van der Waals surface area contributed by atoms with E-state index in [1.165, 1.54) is 0 Å². The van der Waals surface area contributed by atoms with E-state index in [2.05, 4.69) is 31.2 Å². The molecule has 0 aromatic carbocycles. The van der Waals surface area contributed by atoms with Crippen LogP contribution in [0.15, 0.2) is 16.9 Å². The molecule has 92 valence electrons. The summed E-state index contributed by atoms with van der Waals surface area (Å²) in [7, 11) is 0. The maximum Gasteiger partial charge on any atom is 0.224 e. The molecule has 1 aliphatic rings. The monoisotopic (exact) mass is 298 g/mol. The number of carbonyl (C=O) groups excluding carboxylic acids is 1. The maximum absolute atomic E-state index is 11.7. The summed E-state index contributed by atoms with van der Waals surface area (Å²) in [6.07, 6.45) is 6.12. The van der Waals surface area contributed by atoms with Crippen molar-refractivity contribution in [1.82, 2.24) is 14.9 Å². The Morgan fingerprint density at radius 2 is 2.00 bits per heavy atom. The molecule has 1 aromatic rings. The number of carbonyl (C=O) groups is 1. The predicted molar refractivity (Wildman–Crippen MR) is 68.7 cm³/mol. The smallest absolute Gasteiger partial charge is 0.224 e. The highest BCUT2D eigenvalue weighted by Crippen LogP contribution is 2.09. The fraction of sp³-hybridized carbons (Fsp3) is 0.545. The summed E-state index contributed by atoms with van der Waals surface area (Å²) in [6, 6.07) is 0. The molecule has 2 rings (SSSR count). The summed E-state index contributed by atoms with van der Waals surface area (Å²) in [5.74, 6) is 0.773. The molecule has 0 saturated carbocycles. The van der Waals surface area contributed by atoms with Gasteiger partial charge in [-0.2, -0.15) is 0 Å². The Kier molecular flexibility index (Phi) is 4.30. The van der Waals surface area contributed by atoms with Gasteiger partial charge in [0, 0.05) is 38.4 Å². The van der Waals surface area contributed by atoms with Crippen molar-refractivity contribution in [3.63, 3.8) is 0 Å². The van der Waals surface area contributed by atoms with Crippen LogP contribution in [0.1, 0.15) is 19.3 Å². The van der Waals surface area contributed by atoms with E-state index >= 15 is 0 Å². The van der Waals surface area contributed by atoms with E-state index in [9.17, 15) is 4.79 Å². The zero-order valence-electron chi connectivity index (χ0n) is 9.53. The normalized spacial score (nSPS) is 15.0. The Morgan fingerprint density at radius 1 is 1.35 bits per heavy atom. The Morgan fingerprint density at radius 3 is 2.65 bits per heavy atom. The van der Waals surface area contributed by atoms with Gasteiger partial charge in [-0.25, -0.2) is 9.97 Å². The molecule has 0 unspecified atom stereocenters. The molecular weight excluding hydrogens is 284 g/mol. The molecule has 1 aliphatic heterocycles. The van der Waals surface area contributed by atoms with E-state index in [1.54, 1.807) is 12.4 Å². The average Bonchev–Trinajstić information content (AvgIpc) is 2.85. The van der Waals surface area contributed by atoms with Crippen LogP contribution < -0.4 is 5.32 Å². The van der Waals surface area contributed by atoms with Crippen LogP contribution in [0.5, 0.6) is 0 Å². The first-order valence-electron chi connectivity index (χ1n) is 5.75. The lowest BCUT2D eigenvalue weighted by molar-refractivity contribution is -0.129. The van der Waals surface area contributed by atoms with Crippen molar-refractivity contribution in [2.24, 2.45) is 0 Å². The van der Waals surface area contributed by atoms with Crippen molar-refractivity contribution in [2.75, 3.05) is 25.0 Å². The van der Waals surface area contributed by atoms with Gasteiger partial charge in [-0.3, -0.25) is 4.79 Å². The highest BCUT2D eigenvalue weighted by atomic mass is 79.9. The molecule has 17 heavy (non-hydrogen) atoms. The van der Waals surface area contributed by atoms with Crippen LogP contribution in [0.3, 0.4) is 0 Å². The zero-order valence-corrected chi connectivity index (χ0v) is 11.1.